The molecule has 0 amide bonds. The van der Waals surface area contributed by atoms with Crippen LogP contribution < -0.4 is 5.32 Å². The Kier molecular flexibility index (Phi) is 4.66. The zero-order valence-corrected chi connectivity index (χ0v) is 12.0. The molecule has 2 aromatic carbocycles. The molecular weight excluding hydrogens is 312 g/mol. The highest BCUT2D eigenvalue weighted by Crippen LogP contribution is 2.25. The van der Waals surface area contributed by atoms with E-state index in [0.29, 0.717) is 12.0 Å². The molecule has 0 bridgehead atoms. The minimum atomic E-state index is -0.558. The Morgan fingerprint density at radius 2 is 1.89 bits per heavy atom. The smallest absolute Gasteiger partial charge is 0.130 e. The van der Waals surface area contributed by atoms with Crippen molar-refractivity contribution >= 4 is 15.9 Å². The molecule has 0 fully saturated rings. The predicted molar refractivity (Wildman–Crippen MR) is 76.0 cm³/mol. The van der Waals surface area contributed by atoms with E-state index in [4.69, 9.17) is 0 Å². The van der Waals surface area contributed by atoms with E-state index < -0.39 is 11.6 Å². The lowest BCUT2D eigenvalue weighted by Crippen LogP contribution is -2.20. The first-order valence-electron chi connectivity index (χ1n) is 5.97. The molecule has 0 saturated carbocycles. The molecular formula is C15H14BrF2N. The van der Waals surface area contributed by atoms with Crippen molar-refractivity contribution in [2.24, 2.45) is 0 Å². The van der Waals surface area contributed by atoms with Crippen molar-refractivity contribution in [3.05, 3.63) is 69.7 Å². The molecule has 0 aliphatic carbocycles. The van der Waals surface area contributed by atoms with Crippen LogP contribution in [-0.4, -0.2) is 7.05 Å². The molecule has 1 atom stereocenters. The van der Waals surface area contributed by atoms with Crippen molar-refractivity contribution < 1.29 is 8.78 Å². The molecule has 0 radical (unpaired) electrons. The van der Waals surface area contributed by atoms with Gasteiger partial charge in [-0.1, -0.05) is 40.2 Å². The zero-order valence-electron chi connectivity index (χ0n) is 10.5. The molecule has 0 aliphatic rings. The van der Waals surface area contributed by atoms with Crippen LogP contribution in [0, 0.1) is 11.6 Å². The summed E-state index contributed by atoms with van der Waals surface area (Å²) in [5.74, 6) is -1.08. The summed E-state index contributed by atoms with van der Waals surface area (Å²) in [6.45, 7) is 0. The summed E-state index contributed by atoms with van der Waals surface area (Å²) in [4.78, 5) is 0. The highest BCUT2D eigenvalue weighted by atomic mass is 79.9. The van der Waals surface area contributed by atoms with Crippen LogP contribution in [0.3, 0.4) is 0 Å². The van der Waals surface area contributed by atoms with Crippen molar-refractivity contribution in [2.75, 3.05) is 7.05 Å². The van der Waals surface area contributed by atoms with Crippen LogP contribution in [-0.2, 0) is 6.42 Å². The third-order valence-electron chi connectivity index (χ3n) is 3.07. The van der Waals surface area contributed by atoms with Crippen molar-refractivity contribution in [3.8, 4) is 0 Å². The molecule has 100 valence electrons. The SMILES string of the molecule is CNC(Cc1ccccc1Br)c1ccc(F)cc1F. The van der Waals surface area contributed by atoms with Gasteiger partial charge in [-0.25, -0.2) is 8.78 Å². The largest absolute Gasteiger partial charge is 0.313 e. The second kappa shape index (κ2) is 6.26. The van der Waals surface area contributed by atoms with E-state index in [0.717, 1.165) is 16.1 Å². The van der Waals surface area contributed by atoms with E-state index in [-0.39, 0.29) is 6.04 Å². The molecule has 1 nitrogen and oxygen atoms in total. The standard InChI is InChI=1S/C15H14BrF2N/c1-19-15(8-10-4-2-3-5-13(10)16)12-7-6-11(17)9-14(12)18/h2-7,9,15,19H,8H2,1H3. The van der Waals surface area contributed by atoms with Crippen LogP contribution >= 0.6 is 15.9 Å². The van der Waals surface area contributed by atoms with Gasteiger partial charge in [-0.2, -0.15) is 0 Å². The Morgan fingerprint density at radius 3 is 2.53 bits per heavy atom. The molecule has 1 unspecified atom stereocenters. The van der Waals surface area contributed by atoms with Gasteiger partial charge in [0.1, 0.15) is 11.6 Å². The number of nitrogens with one attached hydrogen (secondary N) is 1. The quantitative estimate of drug-likeness (QED) is 0.887. The Balaban J connectivity index is 2.28. The molecule has 0 aromatic heterocycles. The summed E-state index contributed by atoms with van der Waals surface area (Å²) in [6, 6.07) is 11.3. The van der Waals surface area contributed by atoms with Crippen LogP contribution in [0.25, 0.3) is 0 Å². The lowest BCUT2D eigenvalue weighted by Gasteiger charge is -2.18. The van der Waals surface area contributed by atoms with E-state index in [1.54, 1.807) is 7.05 Å². The summed E-state index contributed by atoms with van der Waals surface area (Å²) < 4.78 is 27.7. The number of hydrogen-bond acceptors (Lipinski definition) is 1. The van der Waals surface area contributed by atoms with Crippen molar-refractivity contribution in [2.45, 2.75) is 12.5 Å². The Bertz CT molecular complexity index is 572. The van der Waals surface area contributed by atoms with E-state index in [1.807, 2.05) is 24.3 Å². The first kappa shape index (κ1) is 14.2. The molecule has 2 rings (SSSR count). The summed E-state index contributed by atoms with van der Waals surface area (Å²) in [5.41, 5.74) is 1.55. The predicted octanol–water partition coefficient (Wildman–Crippen LogP) is 4.23. The van der Waals surface area contributed by atoms with Crippen LogP contribution in [0.4, 0.5) is 8.78 Å². The van der Waals surface area contributed by atoms with Gasteiger partial charge in [0.2, 0.25) is 0 Å². The summed E-state index contributed by atoms with van der Waals surface area (Å²) in [7, 11) is 1.77. The van der Waals surface area contributed by atoms with Gasteiger partial charge in [0.15, 0.2) is 0 Å². The van der Waals surface area contributed by atoms with E-state index in [2.05, 4.69) is 21.2 Å². The number of rotatable bonds is 4. The summed E-state index contributed by atoms with van der Waals surface area (Å²) in [5, 5.41) is 3.07. The Morgan fingerprint density at radius 1 is 1.16 bits per heavy atom. The fraction of sp³-hybridized carbons (Fsp3) is 0.200. The average molecular weight is 326 g/mol. The maximum Gasteiger partial charge on any atom is 0.130 e. The topological polar surface area (TPSA) is 12.0 Å². The van der Waals surface area contributed by atoms with E-state index in [1.165, 1.54) is 12.1 Å². The highest BCUT2D eigenvalue weighted by Gasteiger charge is 2.16. The average Bonchev–Trinajstić information content (AvgIpc) is 2.39. The third kappa shape index (κ3) is 3.39. The lowest BCUT2D eigenvalue weighted by atomic mass is 9.98. The van der Waals surface area contributed by atoms with Crippen LogP contribution in [0.2, 0.25) is 0 Å². The molecule has 1 N–H and O–H groups in total. The molecule has 0 spiro atoms. The lowest BCUT2D eigenvalue weighted by molar-refractivity contribution is 0.521. The van der Waals surface area contributed by atoms with Crippen LogP contribution in [0.5, 0.6) is 0 Å². The third-order valence-corrected chi connectivity index (χ3v) is 3.84. The van der Waals surface area contributed by atoms with Gasteiger partial charge in [0.05, 0.1) is 0 Å². The van der Waals surface area contributed by atoms with Gasteiger partial charge in [-0.05, 0) is 31.2 Å². The first-order valence-corrected chi connectivity index (χ1v) is 6.76. The Labute approximate surface area is 119 Å². The first-order chi connectivity index (χ1) is 9.11. The monoisotopic (exact) mass is 325 g/mol. The second-order valence-electron chi connectivity index (χ2n) is 4.30. The maximum atomic E-state index is 13.8. The molecule has 4 heteroatoms. The fourth-order valence-corrected chi connectivity index (χ4v) is 2.48. The second-order valence-corrected chi connectivity index (χ2v) is 5.16. The maximum absolute atomic E-state index is 13.8. The van der Waals surface area contributed by atoms with Crippen molar-refractivity contribution in [1.29, 1.82) is 0 Å². The van der Waals surface area contributed by atoms with Crippen molar-refractivity contribution in [1.82, 2.24) is 5.32 Å². The van der Waals surface area contributed by atoms with Gasteiger partial charge in [0, 0.05) is 22.1 Å². The van der Waals surface area contributed by atoms with E-state index in [9.17, 15) is 8.78 Å². The van der Waals surface area contributed by atoms with Gasteiger partial charge < -0.3 is 5.32 Å². The Hall–Kier alpha value is -1.26. The molecule has 2 aromatic rings. The fourth-order valence-electron chi connectivity index (χ4n) is 2.04. The minimum Gasteiger partial charge on any atom is -0.313 e. The minimum absolute atomic E-state index is 0.195. The zero-order chi connectivity index (χ0) is 13.8. The molecule has 0 saturated heterocycles. The van der Waals surface area contributed by atoms with Gasteiger partial charge in [-0.15, -0.1) is 0 Å². The van der Waals surface area contributed by atoms with Crippen LogP contribution in [0.15, 0.2) is 46.9 Å². The summed E-state index contributed by atoms with van der Waals surface area (Å²) >= 11 is 3.48. The van der Waals surface area contributed by atoms with Gasteiger partial charge >= 0.3 is 0 Å². The molecule has 0 heterocycles. The van der Waals surface area contributed by atoms with E-state index >= 15 is 0 Å². The van der Waals surface area contributed by atoms with Gasteiger partial charge in [0.25, 0.3) is 0 Å². The summed E-state index contributed by atoms with van der Waals surface area (Å²) in [6.07, 6.45) is 0.625. The van der Waals surface area contributed by atoms with Gasteiger partial charge in [-0.3, -0.25) is 0 Å². The normalized spacial score (nSPS) is 12.4. The number of halogens is 3. The van der Waals surface area contributed by atoms with Crippen molar-refractivity contribution in [3.63, 3.8) is 0 Å². The molecule has 0 aliphatic heterocycles. The number of hydrogen-bond donors (Lipinski definition) is 1. The molecule has 19 heavy (non-hydrogen) atoms. The number of likely N-dealkylation sites (N-methyl/N-ethyl adjacent to an activating group) is 1. The highest BCUT2D eigenvalue weighted by molar-refractivity contribution is 9.10. The number of benzene rings is 2. The van der Waals surface area contributed by atoms with Crippen LogP contribution in [0.1, 0.15) is 17.2 Å².